The molecule has 0 aliphatic carbocycles. The van der Waals surface area contributed by atoms with Gasteiger partial charge >= 0.3 is 0 Å². The van der Waals surface area contributed by atoms with E-state index in [2.05, 4.69) is 15.3 Å². The van der Waals surface area contributed by atoms with E-state index in [1.54, 1.807) is 18.2 Å². The molecule has 2 aromatic rings. The summed E-state index contributed by atoms with van der Waals surface area (Å²) >= 11 is 0. The number of ether oxygens (including phenoxy) is 1. The normalized spacial score (nSPS) is 13.7. The molecule has 0 bridgehead atoms. The van der Waals surface area contributed by atoms with Gasteiger partial charge < -0.3 is 10.1 Å². The summed E-state index contributed by atoms with van der Waals surface area (Å²) in [5.41, 5.74) is 1.84. The Morgan fingerprint density at radius 2 is 2.09 bits per heavy atom. The SMILES string of the molecule is O=C1CCCc2cc(C(=O)COc3nccc(=O)[nH]3)ccc2N1. The van der Waals surface area contributed by atoms with E-state index in [-0.39, 0.29) is 29.9 Å². The molecule has 7 nitrogen and oxygen atoms in total. The number of anilines is 1. The molecule has 0 saturated heterocycles. The summed E-state index contributed by atoms with van der Waals surface area (Å²) in [6.07, 6.45) is 3.28. The average molecular weight is 313 g/mol. The number of fused-ring (bicyclic) bond motifs is 1. The van der Waals surface area contributed by atoms with E-state index in [0.29, 0.717) is 12.0 Å². The number of hydrogen-bond donors (Lipinski definition) is 2. The van der Waals surface area contributed by atoms with Gasteiger partial charge in [0.15, 0.2) is 12.4 Å². The predicted molar refractivity (Wildman–Crippen MR) is 82.7 cm³/mol. The van der Waals surface area contributed by atoms with Gasteiger partial charge in [0.1, 0.15) is 0 Å². The van der Waals surface area contributed by atoms with Gasteiger partial charge in [-0.2, -0.15) is 0 Å². The number of nitrogens with zero attached hydrogens (tertiary/aromatic N) is 1. The highest BCUT2D eigenvalue weighted by Gasteiger charge is 2.15. The maximum Gasteiger partial charge on any atom is 0.296 e. The number of carbonyl (C=O) groups excluding carboxylic acids is 2. The van der Waals surface area contributed by atoms with Crippen LogP contribution in [0.4, 0.5) is 5.69 Å². The third kappa shape index (κ3) is 3.63. The van der Waals surface area contributed by atoms with Crippen LogP contribution in [0.1, 0.15) is 28.8 Å². The van der Waals surface area contributed by atoms with Crippen LogP contribution in [0.15, 0.2) is 35.3 Å². The number of nitrogens with one attached hydrogen (secondary N) is 2. The molecule has 1 aromatic carbocycles. The monoisotopic (exact) mass is 313 g/mol. The molecule has 2 N–H and O–H groups in total. The van der Waals surface area contributed by atoms with E-state index in [0.717, 1.165) is 24.1 Å². The lowest BCUT2D eigenvalue weighted by Gasteiger charge is -2.09. The summed E-state index contributed by atoms with van der Waals surface area (Å²) < 4.78 is 5.20. The molecule has 1 aliphatic rings. The van der Waals surface area contributed by atoms with E-state index >= 15 is 0 Å². The van der Waals surface area contributed by atoms with Crippen molar-refractivity contribution in [2.45, 2.75) is 19.3 Å². The van der Waals surface area contributed by atoms with E-state index < -0.39 is 0 Å². The summed E-state index contributed by atoms with van der Waals surface area (Å²) in [5.74, 6) is -0.236. The van der Waals surface area contributed by atoms with Gasteiger partial charge in [0.25, 0.3) is 11.6 Å². The van der Waals surface area contributed by atoms with Crippen molar-refractivity contribution in [1.29, 1.82) is 0 Å². The number of ketones is 1. The fraction of sp³-hybridized carbons (Fsp3) is 0.250. The quantitative estimate of drug-likeness (QED) is 0.829. The molecular formula is C16H15N3O4. The Morgan fingerprint density at radius 1 is 1.22 bits per heavy atom. The summed E-state index contributed by atoms with van der Waals surface area (Å²) in [7, 11) is 0. The second-order valence-corrected chi connectivity index (χ2v) is 5.22. The van der Waals surface area contributed by atoms with Crippen molar-refractivity contribution in [2.24, 2.45) is 0 Å². The van der Waals surface area contributed by atoms with E-state index in [1.165, 1.54) is 12.3 Å². The first-order valence-corrected chi connectivity index (χ1v) is 7.26. The first-order valence-electron chi connectivity index (χ1n) is 7.26. The Morgan fingerprint density at radius 3 is 2.91 bits per heavy atom. The maximum atomic E-state index is 12.2. The molecule has 1 aromatic heterocycles. The van der Waals surface area contributed by atoms with Crippen LogP contribution in [0.5, 0.6) is 6.01 Å². The van der Waals surface area contributed by atoms with Gasteiger partial charge in [-0.1, -0.05) is 0 Å². The zero-order valence-corrected chi connectivity index (χ0v) is 12.3. The maximum absolute atomic E-state index is 12.2. The van der Waals surface area contributed by atoms with Gasteiger partial charge in [-0.05, 0) is 36.6 Å². The zero-order chi connectivity index (χ0) is 16.2. The number of amides is 1. The van der Waals surface area contributed by atoms with Gasteiger partial charge in [-0.25, -0.2) is 4.98 Å². The average Bonchev–Trinajstić information content (AvgIpc) is 2.72. The van der Waals surface area contributed by atoms with Gasteiger partial charge in [0, 0.05) is 29.9 Å². The number of rotatable bonds is 4. The zero-order valence-electron chi connectivity index (χ0n) is 12.3. The second-order valence-electron chi connectivity index (χ2n) is 5.22. The summed E-state index contributed by atoms with van der Waals surface area (Å²) in [4.78, 5) is 41.1. The highest BCUT2D eigenvalue weighted by molar-refractivity contribution is 5.99. The van der Waals surface area contributed by atoms with Crippen molar-refractivity contribution >= 4 is 17.4 Å². The number of hydrogen-bond acceptors (Lipinski definition) is 5. The Kier molecular flexibility index (Phi) is 4.18. The summed E-state index contributed by atoms with van der Waals surface area (Å²) in [5, 5.41) is 2.82. The number of H-pyrrole nitrogens is 1. The van der Waals surface area contributed by atoms with E-state index in [9.17, 15) is 14.4 Å². The molecule has 0 radical (unpaired) electrons. The molecule has 23 heavy (non-hydrogen) atoms. The van der Waals surface area contributed by atoms with Gasteiger partial charge in [0.05, 0.1) is 0 Å². The Labute approximate surface area is 131 Å². The largest absolute Gasteiger partial charge is 0.456 e. The lowest BCUT2D eigenvalue weighted by Crippen LogP contribution is -2.16. The van der Waals surface area contributed by atoms with Crippen LogP contribution >= 0.6 is 0 Å². The molecule has 2 heterocycles. The van der Waals surface area contributed by atoms with Crippen LogP contribution in [0.2, 0.25) is 0 Å². The van der Waals surface area contributed by atoms with Crippen molar-refractivity contribution in [2.75, 3.05) is 11.9 Å². The lowest BCUT2D eigenvalue weighted by atomic mass is 10.0. The molecule has 1 amide bonds. The van der Waals surface area contributed by atoms with Crippen molar-refractivity contribution in [3.8, 4) is 6.01 Å². The molecule has 118 valence electrons. The molecule has 0 spiro atoms. The molecule has 0 saturated carbocycles. The standard InChI is InChI=1S/C16H15N3O4/c20-13(9-23-16-17-7-6-15(22)19-16)11-4-5-12-10(8-11)2-1-3-14(21)18-12/h4-8H,1-3,9H2,(H,18,21)(H,17,19,22). The van der Waals surface area contributed by atoms with Crippen LogP contribution in [-0.2, 0) is 11.2 Å². The topological polar surface area (TPSA) is 101 Å². The molecule has 0 atom stereocenters. The van der Waals surface area contributed by atoms with E-state index in [1.807, 2.05) is 0 Å². The number of Topliss-reactive ketones (excluding diaryl/α,β-unsaturated/α-hetero) is 1. The number of benzene rings is 1. The highest BCUT2D eigenvalue weighted by Crippen LogP contribution is 2.23. The number of aryl methyl sites for hydroxylation is 1. The Bertz CT molecular complexity index is 813. The van der Waals surface area contributed by atoms with Crippen LogP contribution in [0.25, 0.3) is 0 Å². The smallest absolute Gasteiger partial charge is 0.296 e. The van der Waals surface area contributed by atoms with Crippen LogP contribution in [0.3, 0.4) is 0 Å². The highest BCUT2D eigenvalue weighted by atomic mass is 16.5. The third-order valence-corrected chi connectivity index (χ3v) is 3.54. The number of aromatic nitrogens is 2. The first-order chi connectivity index (χ1) is 11.1. The van der Waals surface area contributed by atoms with Crippen molar-refractivity contribution in [3.63, 3.8) is 0 Å². The fourth-order valence-electron chi connectivity index (χ4n) is 2.39. The van der Waals surface area contributed by atoms with Gasteiger partial charge in [-0.3, -0.25) is 19.4 Å². The molecule has 7 heteroatoms. The van der Waals surface area contributed by atoms with Crippen molar-refractivity contribution in [1.82, 2.24) is 9.97 Å². The summed E-state index contributed by atoms with van der Waals surface area (Å²) in [6, 6.07) is 6.42. The minimum atomic E-state index is -0.344. The van der Waals surface area contributed by atoms with Crippen molar-refractivity contribution < 1.29 is 14.3 Å². The predicted octanol–water partition coefficient (Wildman–Crippen LogP) is 1.31. The third-order valence-electron chi connectivity index (χ3n) is 3.54. The molecular weight excluding hydrogens is 298 g/mol. The van der Waals surface area contributed by atoms with Crippen LogP contribution in [0, 0.1) is 0 Å². The molecule has 0 unspecified atom stereocenters. The Balaban J connectivity index is 1.71. The number of carbonyl (C=O) groups is 2. The molecule has 1 aliphatic heterocycles. The molecule has 3 rings (SSSR count). The second kappa shape index (κ2) is 6.43. The minimum Gasteiger partial charge on any atom is -0.456 e. The fourth-order valence-corrected chi connectivity index (χ4v) is 2.39. The minimum absolute atomic E-state index is 0.00729. The number of aromatic amines is 1. The Hall–Kier alpha value is -2.96. The lowest BCUT2D eigenvalue weighted by molar-refractivity contribution is -0.116. The summed E-state index contributed by atoms with van der Waals surface area (Å²) in [6.45, 7) is -0.224. The van der Waals surface area contributed by atoms with E-state index in [4.69, 9.17) is 4.74 Å². The van der Waals surface area contributed by atoms with Gasteiger partial charge in [-0.15, -0.1) is 0 Å². The van der Waals surface area contributed by atoms with Gasteiger partial charge in [0.2, 0.25) is 5.91 Å². The van der Waals surface area contributed by atoms with Crippen LogP contribution < -0.4 is 15.6 Å². The van der Waals surface area contributed by atoms with Crippen LogP contribution in [-0.4, -0.2) is 28.3 Å². The van der Waals surface area contributed by atoms with Crippen molar-refractivity contribution in [3.05, 3.63) is 51.9 Å². The molecule has 0 fully saturated rings. The first kappa shape index (κ1) is 15.0.